The van der Waals surface area contributed by atoms with Crippen molar-refractivity contribution < 1.29 is 13.2 Å². The summed E-state index contributed by atoms with van der Waals surface area (Å²) in [6.45, 7) is 1.26. The number of benzene rings is 1. The van der Waals surface area contributed by atoms with Crippen molar-refractivity contribution in [3.63, 3.8) is 0 Å². The summed E-state index contributed by atoms with van der Waals surface area (Å²) in [5.41, 5.74) is 2.24. The molecule has 3 rings (SSSR count). The first-order valence-corrected chi connectivity index (χ1v) is 8.30. The van der Waals surface area contributed by atoms with Crippen LogP contribution in [0.2, 0.25) is 0 Å². The van der Waals surface area contributed by atoms with Crippen molar-refractivity contribution in [3.8, 4) is 5.75 Å². The zero-order valence-electron chi connectivity index (χ0n) is 10.6. The first-order valence-electron chi connectivity index (χ1n) is 6.47. The molecule has 102 valence electrons. The third-order valence-corrected chi connectivity index (χ3v) is 5.31. The third-order valence-electron chi connectivity index (χ3n) is 3.54. The van der Waals surface area contributed by atoms with Gasteiger partial charge in [0.1, 0.15) is 12.4 Å². The van der Waals surface area contributed by atoms with Crippen LogP contribution in [0, 0.1) is 0 Å². The van der Waals surface area contributed by atoms with E-state index < -0.39 is 9.84 Å². The standard InChI is InChI=1S/C14H17NO3S/c16-19(17)6-5-13(10-19)15-8-11-7-12-3-1-2-4-14(12)18-9-11/h1-4,7,13,15H,5-6,8-10H2. The fourth-order valence-corrected chi connectivity index (χ4v) is 4.20. The first kappa shape index (κ1) is 12.7. The van der Waals surface area contributed by atoms with Gasteiger partial charge in [-0.25, -0.2) is 8.42 Å². The largest absolute Gasteiger partial charge is 0.489 e. The topological polar surface area (TPSA) is 55.4 Å². The fourth-order valence-electron chi connectivity index (χ4n) is 2.50. The molecule has 0 saturated carbocycles. The summed E-state index contributed by atoms with van der Waals surface area (Å²) in [5, 5.41) is 3.31. The van der Waals surface area contributed by atoms with Crippen molar-refractivity contribution in [1.82, 2.24) is 5.32 Å². The van der Waals surface area contributed by atoms with Gasteiger partial charge in [-0.2, -0.15) is 0 Å². The second kappa shape index (κ2) is 4.98. The lowest BCUT2D eigenvalue weighted by molar-refractivity contribution is 0.341. The molecule has 0 amide bonds. The molecule has 1 aromatic rings. The monoisotopic (exact) mass is 279 g/mol. The maximum Gasteiger partial charge on any atom is 0.151 e. The summed E-state index contributed by atoms with van der Waals surface area (Å²) in [6, 6.07) is 8.01. The van der Waals surface area contributed by atoms with E-state index in [4.69, 9.17) is 4.74 Å². The van der Waals surface area contributed by atoms with Gasteiger partial charge >= 0.3 is 0 Å². The molecule has 0 spiro atoms. The normalized spacial score (nSPS) is 24.4. The molecule has 2 aliphatic heterocycles. The molecule has 0 aromatic heterocycles. The van der Waals surface area contributed by atoms with Crippen LogP contribution in [0.1, 0.15) is 12.0 Å². The number of sulfone groups is 1. The van der Waals surface area contributed by atoms with Crippen LogP contribution in [-0.2, 0) is 9.84 Å². The molecule has 1 atom stereocenters. The van der Waals surface area contributed by atoms with E-state index in [0.29, 0.717) is 25.3 Å². The summed E-state index contributed by atoms with van der Waals surface area (Å²) in [4.78, 5) is 0. The van der Waals surface area contributed by atoms with Crippen molar-refractivity contribution in [2.24, 2.45) is 0 Å². The summed E-state index contributed by atoms with van der Waals surface area (Å²) < 4.78 is 28.4. The highest BCUT2D eigenvalue weighted by Gasteiger charge is 2.27. The fraction of sp³-hybridized carbons (Fsp3) is 0.429. The van der Waals surface area contributed by atoms with Gasteiger partial charge in [0.2, 0.25) is 0 Å². The highest BCUT2D eigenvalue weighted by atomic mass is 32.2. The van der Waals surface area contributed by atoms with Gasteiger partial charge in [0.25, 0.3) is 0 Å². The van der Waals surface area contributed by atoms with E-state index in [0.717, 1.165) is 16.9 Å². The molecule has 4 nitrogen and oxygen atoms in total. The molecule has 0 bridgehead atoms. The van der Waals surface area contributed by atoms with Crippen LogP contribution < -0.4 is 10.1 Å². The Balaban J connectivity index is 1.62. The van der Waals surface area contributed by atoms with E-state index >= 15 is 0 Å². The minimum atomic E-state index is -2.81. The van der Waals surface area contributed by atoms with E-state index in [-0.39, 0.29) is 11.8 Å². The Hall–Kier alpha value is -1.33. The van der Waals surface area contributed by atoms with E-state index in [2.05, 4.69) is 11.4 Å². The molecular formula is C14H17NO3S. The SMILES string of the molecule is O=S1(=O)CCC(NCC2=Cc3ccccc3OC2)C1. The number of hydrogen-bond donors (Lipinski definition) is 1. The molecule has 1 unspecified atom stereocenters. The Labute approximate surface area is 113 Å². The number of nitrogens with one attached hydrogen (secondary N) is 1. The molecule has 0 radical (unpaired) electrons. The summed E-state index contributed by atoms with van der Waals surface area (Å²) in [5.74, 6) is 1.48. The zero-order valence-corrected chi connectivity index (χ0v) is 11.4. The number of rotatable bonds is 3. The minimum absolute atomic E-state index is 0.0862. The summed E-state index contributed by atoms with van der Waals surface area (Å²) in [7, 11) is -2.81. The molecule has 0 aliphatic carbocycles. The van der Waals surface area contributed by atoms with E-state index in [1.165, 1.54) is 0 Å². The van der Waals surface area contributed by atoms with Crippen LogP contribution in [0.5, 0.6) is 5.75 Å². The van der Waals surface area contributed by atoms with Crippen LogP contribution in [0.3, 0.4) is 0 Å². The predicted octanol–water partition coefficient (Wildman–Crippen LogP) is 1.24. The number of para-hydroxylation sites is 1. The van der Waals surface area contributed by atoms with Gasteiger partial charge in [0.05, 0.1) is 11.5 Å². The van der Waals surface area contributed by atoms with E-state index in [1.807, 2.05) is 24.3 Å². The van der Waals surface area contributed by atoms with Crippen LogP contribution in [0.25, 0.3) is 6.08 Å². The quantitative estimate of drug-likeness (QED) is 0.904. The Kier molecular flexibility index (Phi) is 3.33. The average Bonchev–Trinajstić information content (AvgIpc) is 2.76. The summed E-state index contributed by atoms with van der Waals surface area (Å²) in [6.07, 6.45) is 2.84. The maximum absolute atomic E-state index is 11.4. The average molecular weight is 279 g/mol. The molecule has 19 heavy (non-hydrogen) atoms. The van der Waals surface area contributed by atoms with Crippen molar-refractivity contribution in [2.45, 2.75) is 12.5 Å². The predicted molar refractivity (Wildman–Crippen MR) is 75.0 cm³/mol. The second-order valence-electron chi connectivity index (χ2n) is 5.11. The van der Waals surface area contributed by atoms with Crippen LogP contribution >= 0.6 is 0 Å². The Morgan fingerprint density at radius 2 is 2.16 bits per heavy atom. The minimum Gasteiger partial charge on any atom is -0.489 e. The maximum atomic E-state index is 11.4. The van der Waals surface area contributed by atoms with Gasteiger partial charge in [-0.1, -0.05) is 18.2 Å². The Morgan fingerprint density at radius 3 is 2.95 bits per heavy atom. The van der Waals surface area contributed by atoms with Gasteiger partial charge in [-0.15, -0.1) is 0 Å². The van der Waals surface area contributed by atoms with E-state index in [1.54, 1.807) is 0 Å². The van der Waals surface area contributed by atoms with Gasteiger partial charge in [0, 0.05) is 18.2 Å². The molecule has 5 heteroatoms. The molecule has 1 saturated heterocycles. The molecule has 1 fully saturated rings. The van der Waals surface area contributed by atoms with Gasteiger partial charge in [-0.05, 0) is 24.1 Å². The Morgan fingerprint density at radius 1 is 1.32 bits per heavy atom. The van der Waals surface area contributed by atoms with Gasteiger partial charge < -0.3 is 10.1 Å². The van der Waals surface area contributed by atoms with E-state index in [9.17, 15) is 8.42 Å². The lowest BCUT2D eigenvalue weighted by atomic mass is 10.1. The summed E-state index contributed by atoms with van der Waals surface area (Å²) >= 11 is 0. The van der Waals surface area contributed by atoms with Crippen molar-refractivity contribution in [1.29, 1.82) is 0 Å². The van der Waals surface area contributed by atoms with Crippen molar-refractivity contribution in [3.05, 3.63) is 35.4 Å². The second-order valence-corrected chi connectivity index (χ2v) is 7.34. The third kappa shape index (κ3) is 2.98. The number of fused-ring (bicyclic) bond motifs is 1. The van der Waals surface area contributed by atoms with Gasteiger partial charge in [-0.3, -0.25) is 0 Å². The first-order chi connectivity index (χ1) is 9.12. The molecule has 1 N–H and O–H groups in total. The van der Waals surface area contributed by atoms with Crippen LogP contribution in [0.4, 0.5) is 0 Å². The molecular weight excluding hydrogens is 262 g/mol. The van der Waals surface area contributed by atoms with Crippen LogP contribution in [0.15, 0.2) is 29.8 Å². The number of ether oxygens (including phenoxy) is 1. The lowest BCUT2D eigenvalue weighted by Gasteiger charge is -2.19. The highest BCUT2D eigenvalue weighted by Crippen LogP contribution is 2.25. The molecule has 2 aliphatic rings. The number of hydrogen-bond acceptors (Lipinski definition) is 4. The molecule has 1 aromatic carbocycles. The zero-order chi connectivity index (χ0) is 13.3. The van der Waals surface area contributed by atoms with Gasteiger partial charge in [0.15, 0.2) is 9.84 Å². The lowest BCUT2D eigenvalue weighted by Crippen LogP contribution is -2.33. The van der Waals surface area contributed by atoms with Crippen LogP contribution in [-0.4, -0.2) is 39.1 Å². The van der Waals surface area contributed by atoms with Crippen molar-refractivity contribution >= 4 is 15.9 Å². The Bertz CT molecular complexity index is 607. The van der Waals surface area contributed by atoms with Crippen molar-refractivity contribution in [2.75, 3.05) is 24.7 Å². The highest BCUT2D eigenvalue weighted by molar-refractivity contribution is 7.91. The molecule has 2 heterocycles. The smallest absolute Gasteiger partial charge is 0.151 e.